The Morgan fingerprint density at radius 3 is 2.58 bits per heavy atom. The summed E-state index contributed by atoms with van der Waals surface area (Å²) < 4.78 is 5.32. The van der Waals surface area contributed by atoms with Gasteiger partial charge in [-0.15, -0.1) is 0 Å². The van der Waals surface area contributed by atoms with Crippen LogP contribution in [-0.4, -0.2) is 43.3 Å². The lowest BCUT2D eigenvalue weighted by molar-refractivity contribution is 0.101. The number of hydrogen-bond acceptors (Lipinski definition) is 5. The van der Waals surface area contributed by atoms with E-state index in [0.29, 0.717) is 17.2 Å². The van der Waals surface area contributed by atoms with Gasteiger partial charge in [-0.25, -0.2) is 0 Å². The molecule has 1 aliphatic carbocycles. The van der Waals surface area contributed by atoms with Crippen LogP contribution >= 0.6 is 0 Å². The average Bonchev–Trinajstić information content (AvgIpc) is 2.65. The maximum atomic E-state index is 10.8. The molecule has 0 bridgehead atoms. The molecule has 130 valence electrons. The van der Waals surface area contributed by atoms with Crippen molar-refractivity contribution in [2.75, 3.05) is 33.3 Å². The van der Waals surface area contributed by atoms with Gasteiger partial charge in [0.25, 0.3) is 0 Å². The minimum absolute atomic E-state index is 0.0946. The van der Waals surface area contributed by atoms with Crippen molar-refractivity contribution in [2.24, 2.45) is 5.92 Å². The van der Waals surface area contributed by atoms with Crippen molar-refractivity contribution in [3.63, 3.8) is 0 Å². The molecule has 1 heterocycles. The van der Waals surface area contributed by atoms with E-state index in [1.54, 1.807) is 19.2 Å². The highest BCUT2D eigenvalue weighted by molar-refractivity contribution is 5.55. The second-order valence-electron chi connectivity index (χ2n) is 6.82. The van der Waals surface area contributed by atoms with Gasteiger partial charge in [-0.3, -0.25) is 4.90 Å². The highest BCUT2D eigenvalue weighted by Gasteiger charge is 2.35. The molecule has 24 heavy (non-hydrogen) atoms. The van der Waals surface area contributed by atoms with Gasteiger partial charge in [0.1, 0.15) is 0 Å². The summed E-state index contributed by atoms with van der Waals surface area (Å²) in [5, 5.41) is 23.8. The quantitative estimate of drug-likeness (QED) is 0.889. The Bertz CT molecular complexity index is 581. The normalized spacial score (nSPS) is 21.2. The van der Waals surface area contributed by atoms with Gasteiger partial charge in [0.15, 0.2) is 11.5 Å². The standard InChI is InChI=1S/C19H27N3O2/c1-24-16-8-7-15(13-20)17(19(16)23)18(14-5-3-2-4-6-14)22-11-9-21-10-12-22/h7-8,14,18,21,23H,2-6,9-12H2,1H3/t18-/m1/s1. The third-order valence-electron chi connectivity index (χ3n) is 5.46. The Morgan fingerprint density at radius 1 is 1.25 bits per heavy atom. The van der Waals surface area contributed by atoms with Gasteiger partial charge in [-0.1, -0.05) is 19.3 Å². The number of nitrogens with one attached hydrogen (secondary N) is 1. The summed E-state index contributed by atoms with van der Waals surface area (Å²) in [5.74, 6) is 1.09. The minimum Gasteiger partial charge on any atom is -0.504 e. The number of phenols is 1. The lowest BCUT2D eigenvalue weighted by atomic mass is 9.78. The van der Waals surface area contributed by atoms with E-state index in [0.717, 1.165) is 44.6 Å². The maximum Gasteiger partial charge on any atom is 0.163 e. The predicted octanol–water partition coefficient (Wildman–Crippen LogP) is 2.80. The summed E-state index contributed by atoms with van der Waals surface area (Å²) in [6.07, 6.45) is 6.09. The summed E-state index contributed by atoms with van der Waals surface area (Å²) in [4.78, 5) is 2.45. The topological polar surface area (TPSA) is 68.5 Å². The van der Waals surface area contributed by atoms with Crippen LogP contribution in [0.25, 0.3) is 0 Å². The number of benzene rings is 1. The molecular formula is C19H27N3O2. The van der Waals surface area contributed by atoms with E-state index in [-0.39, 0.29) is 11.8 Å². The number of methoxy groups -OCH3 is 1. The molecule has 0 amide bonds. The monoisotopic (exact) mass is 329 g/mol. The Balaban J connectivity index is 2.05. The number of phenolic OH excluding ortho intramolecular Hbond substituents is 1. The van der Waals surface area contributed by atoms with Gasteiger partial charge in [0, 0.05) is 37.8 Å². The predicted molar refractivity (Wildman–Crippen MR) is 93.1 cm³/mol. The SMILES string of the molecule is COc1ccc(C#N)c([C@@H](C2CCCCC2)N2CCNCC2)c1O. The second kappa shape index (κ2) is 7.87. The molecule has 2 fully saturated rings. The third-order valence-corrected chi connectivity index (χ3v) is 5.46. The Kier molecular flexibility index (Phi) is 5.60. The molecule has 1 atom stereocenters. The van der Waals surface area contributed by atoms with E-state index < -0.39 is 0 Å². The zero-order valence-electron chi connectivity index (χ0n) is 14.4. The highest BCUT2D eigenvalue weighted by Crippen LogP contribution is 2.45. The first-order valence-electron chi connectivity index (χ1n) is 9.01. The number of hydrogen-bond donors (Lipinski definition) is 2. The van der Waals surface area contributed by atoms with Crippen LogP contribution < -0.4 is 10.1 Å². The van der Waals surface area contributed by atoms with Crippen LogP contribution in [0.2, 0.25) is 0 Å². The molecular weight excluding hydrogens is 302 g/mol. The molecule has 2 N–H and O–H groups in total. The molecule has 5 heteroatoms. The van der Waals surface area contributed by atoms with Crippen LogP contribution in [-0.2, 0) is 0 Å². The smallest absolute Gasteiger partial charge is 0.163 e. The third kappa shape index (κ3) is 3.35. The molecule has 1 saturated carbocycles. The van der Waals surface area contributed by atoms with Crippen molar-refractivity contribution >= 4 is 0 Å². The molecule has 0 aromatic heterocycles. The first kappa shape index (κ1) is 17.1. The highest BCUT2D eigenvalue weighted by atomic mass is 16.5. The fourth-order valence-corrected chi connectivity index (χ4v) is 4.28. The fraction of sp³-hybridized carbons (Fsp3) is 0.632. The first-order valence-corrected chi connectivity index (χ1v) is 9.01. The van der Waals surface area contributed by atoms with Crippen molar-refractivity contribution in [1.29, 1.82) is 5.26 Å². The minimum atomic E-state index is 0.0946. The van der Waals surface area contributed by atoms with Crippen molar-refractivity contribution in [1.82, 2.24) is 10.2 Å². The largest absolute Gasteiger partial charge is 0.504 e. The number of nitrogens with zero attached hydrogens (tertiary/aromatic N) is 2. The van der Waals surface area contributed by atoms with Gasteiger partial charge in [0.05, 0.1) is 18.7 Å². The summed E-state index contributed by atoms with van der Waals surface area (Å²) >= 11 is 0. The average molecular weight is 329 g/mol. The van der Waals surface area contributed by atoms with E-state index in [9.17, 15) is 10.4 Å². The van der Waals surface area contributed by atoms with Crippen molar-refractivity contribution in [3.05, 3.63) is 23.3 Å². The number of ether oxygens (including phenoxy) is 1. The summed E-state index contributed by atoms with van der Waals surface area (Å²) in [6.45, 7) is 3.80. The Labute approximate surface area is 144 Å². The molecule has 0 spiro atoms. The molecule has 0 radical (unpaired) electrons. The summed E-state index contributed by atoms with van der Waals surface area (Å²) in [7, 11) is 1.56. The zero-order valence-corrected chi connectivity index (χ0v) is 14.4. The second-order valence-corrected chi connectivity index (χ2v) is 6.82. The molecule has 0 unspecified atom stereocenters. The molecule has 2 aliphatic rings. The molecule has 1 saturated heterocycles. The summed E-state index contributed by atoms with van der Waals surface area (Å²) in [5.41, 5.74) is 1.34. The lowest BCUT2D eigenvalue weighted by Crippen LogP contribution is -2.47. The van der Waals surface area contributed by atoms with Gasteiger partial charge in [-0.2, -0.15) is 5.26 Å². The zero-order chi connectivity index (χ0) is 16.9. The van der Waals surface area contributed by atoms with Crippen LogP contribution in [0.15, 0.2) is 12.1 Å². The van der Waals surface area contributed by atoms with Crippen molar-refractivity contribution in [2.45, 2.75) is 38.1 Å². The van der Waals surface area contributed by atoms with Crippen LogP contribution in [0.5, 0.6) is 11.5 Å². The molecule has 5 nitrogen and oxygen atoms in total. The molecule has 1 aromatic rings. The van der Waals surface area contributed by atoms with E-state index in [1.165, 1.54) is 19.3 Å². The van der Waals surface area contributed by atoms with E-state index in [1.807, 2.05) is 0 Å². The first-order chi connectivity index (χ1) is 11.8. The molecule has 1 aromatic carbocycles. The maximum absolute atomic E-state index is 10.8. The molecule has 3 rings (SSSR count). The van der Waals surface area contributed by atoms with E-state index >= 15 is 0 Å². The van der Waals surface area contributed by atoms with E-state index in [4.69, 9.17) is 4.74 Å². The van der Waals surface area contributed by atoms with Gasteiger partial charge < -0.3 is 15.2 Å². The van der Waals surface area contributed by atoms with Crippen LogP contribution in [0.3, 0.4) is 0 Å². The van der Waals surface area contributed by atoms with Gasteiger partial charge >= 0.3 is 0 Å². The number of nitriles is 1. The number of rotatable bonds is 4. The van der Waals surface area contributed by atoms with E-state index in [2.05, 4.69) is 16.3 Å². The Morgan fingerprint density at radius 2 is 1.96 bits per heavy atom. The van der Waals surface area contributed by atoms with Crippen molar-refractivity contribution < 1.29 is 9.84 Å². The fourth-order valence-electron chi connectivity index (χ4n) is 4.28. The van der Waals surface area contributed by atoms with Crippen LogP contribution in [0, 0.1) is 17.2 Å². The molecule has 1 aliphatic heterocycles. The number of piperazine rings is 1. The summed E-state index contributed by atoms with van der Waals surface area (Å²) in [6, 6.07) is 5.85. The van der Waals surface area contributed by atoms with Gasteiger partial charge in [0.2, 0.25) is 0 Å². The van der Waals surface area contributed by atoms with Crippen molar-refractivity contribution in [3.8, 4) is 17.6 Å². The number of aromatic hydroxyl groups is 1. The van der Waals surface area contributed by atoms with Crippen LogP contribution in [0.4, 0.5) is 0 Å². The van der Waals surface area contributed by atoms with Crippen LogP contribution in [0.1, 0.15) is 49.3 Å². The Hall–Kier alpha value is -1.77. The van der Waals surface area contributed by atoms with Gasteiger partial charge in [-0.05, 0) is 30.9 Å². The lowest BCUT2D eigenvalue weighted by Gasteiger charge is -2.41.